The van der Waals surface area contributed by atoms with Crippen LogP contribution in [0.3, 0.4) is 0 Å². The number of benzene rings is 2. The molecule has 30 heavy (non-hydrogen) atoms. The lowest BCUT2D eigenvalue weighted by Gasteiger charge is -2.06. The Morgan fingerprint density at radius 2 is 1.90 bits per heavy atom. The number of aromatic nitrogens is 1. The number of nitrogens with two attached hydrogens (primary N) is 1. The molecule has 0 saturated heterocycles. The smallest absolute Gasteiger partial charge is 0.259 e. The zero-order chi connectivity index (χ0) is 21.1. The molecule has 7 nitrogen and oxygen atoms in total. The fraction of sp³-hybridized carbons (Fsp3) is 0.0909. The number of nitrogen functional groups attached to an aromatic ring is 1. The molecular formula is C22H18ClN3O4. The summed E-state index contributed by atoms with van der Waals surface area (Å²) in [5, 5.41) is 7.32. The molecule has 0 aliphatic heterocycles. The number of methoxy groups -OCH3 is 1. The monoisotopic (exact) mass is 423 g/mol. The molecule has 0 bridgehead atoms. The molecule has 3 N–H and O–H groups in total. The van der Waals surface area contributed by atoms with E-state index in [1.165, 1.54) is 0 Å². The van der Waals surface area contributed by atoms with Crippen LogP contribution in [0.1, 0.15) is 15.9 Å². The number of ether oxygens (including phenoxy) is 1. The predicted octanol–water partition coefficient (Wildman–Crippen LogP) is 4.78. The van der Waals surface area contributed by atoms with Crippen molar-refractivity contribution in [3.8, 4) is 28.5 Å². The van der Waals surface area contributed by atoms with Gasteiger partial charge < -0.3 is 24.7 Å². The minimum atomic E-state index is -0.416. The third-order valence-corrected chi connectivity index (χ3v) is 4.74. The largest absolute Gasteiger partial charge is 0.497 e. The van der Waals surface area contributed by atoms with Crippen molar-refractivity contribution in [3.05, 3.63) is 76.8 Å². The van der Waals surface area contributed by atoms with Gasteiger partial charge in [0.2, 0.25) is 5.88 Å². The third kappa shape index (κ3) is 4.01. The maximum Gasteiger partial charge on any atom is 0.259 e. The lowest BCUT2D eigenvalue weighted by atomic mass is 10.1. The molecular weight excluding hydrogens is 406 g/mol. The van der Waals surface area contributed by atoms with E-state index >= 15 is 0 Å². The summed E-state index contributed by atoms with van der Waals surface area (Å²) in [6.45, 7) is 0.304. The van der Waals surface area contributed by atoms with Crippen LogP contribution in [0.15, 0.2) is 69.6 Å². The minimum Gasteiger partial charge on any atom is -0.497 e. The zero-order valence-corrected chi connectivity index (χ0v) is 16.8. The molecule has 8 heteroatoms. The maximum atomic E-state index is 12.8. The highest BCUT2D eigenvalue weighted by Crippen LogP contribution is 2.32. The first-order valence-electron chi connectivity index (χ1n) is 9.07. The van der Waals surface area contributed by atoms with Crippen molar-refractivity contribution in [2.75, 3.05) is 12.8 Å². The van der Waals surface area contributed by atoms with Gasteiger partial charge in [0.1, 0.15) is 17.1 Å². The van der Waals surface area contributed by atoms with Crippen LogP contribution >= 0.6 is 11.6 Å². The van der Waals surface area contributed by atoms with E-state index in [0.29, 0.717) is 23.1 Å². The van der Waals surface area contributed by atoms with E-state index in [9.17, 15) is 4.79 Å². The average Bonchev–Trinajstić information content (AvgIpc) is 3.39. The van der Waals surface area contributed by atoms with E-state index in [1.807, 2.05) is 36.4 Å². The molecule has 152 valence electrons. The first-order valence-corrected chi connectivity index (χ1v) is 9.45. The summed E-state index contributed by atoms with van der Waals surface area (Å²) in [4.78, 5) is 12.8. The molecule has 4 rings (SSSR count). The van der Waals surface area contributed by atoms with E-state index in [1.54, 1.807) is 31.4 Å². The van der Waals surface area contributed by atoms with Gasteiger partial charge in [-0.3, -0.25) is 4.79 Å². The van der Waals surface area contributed by atoms with E-state index in [4.69, 9.17) is 31.0 Å². The Balaban J connectivity index is 1.55. The number of hydrogen-bond acceptors (Lipinski definition) is 6. The second-order valence-corrected chi connectivity index (χ2v) is 6.91. The van der Waals surface area contributed by atoms with Crippen LogP contribution in [-0.4, -0.2) is 18.2 Å². The summed E-state index contributed by atoms with van der Waals surface area (Å²) in [6, 6.07) is 18.1. The summed E-state index contributed by atoms with van der Waals surface area (Å²) in [5.74, 6) is 1.18. The molecule has 0 radical (unpaired) electrons. The molecule has 0 fully saturated rings. The molecule has 4 aromatic rings. The van der Waals surface area contributed by atoms with Crippen LogP contribution < -0.4 is 15.8 Å². The molecule has 0 aliphatic carbocycles. The third-order valence-electron chi connectivity index (χ3n) is 4.51. The van der Waals surface area contributed by atoms with Crippen molar-refractivity contribution in [3.63, 3.8) is 0 Å². The number of hydrogen-bond donors (Lipinski definition) is 2. The Labute approximate surface area is 177 Å². The highest BCUT2D eigenvalue weighted by molar-refractivity contribution is 6.30. The number of nitrogens with zero attached hydrogens (tertiary/aromatic N) is 1. The summed E-state index contributed by atoms with van der Waals surface area (Å²) < 4.78 is 16.1. The Hall–Kier alpha value is -3.71. The summed E-state index contributed by atoms with van der Waals surface area (Å²) in [6.07, 6.45) is 0. The standard InChI is InChI=1S/C22H18ClN3O4/c1-28-16-7-5-13(6-8-16)12-25-22(27)19-20(26-30-21(19)24)18-10-9-17(29-18)14-3-2-4-15(23)11-14/h2-11H,12,24H2,1H3,(H,25,27). The Morgan fingerprint density at radius 3 is 2.63 bits per heavy atom. The van der Waals surface area contributed by atoms with Crippen LogP contribution in [0.4, 0.5) is 5.88 Å². The van der Waals surface area contributed by atoms with Gasteiger partial charge in [-0.15, -0.1) is 0 Å². The molecule has 0 unspecified atom stereocenters. The SMILES string of the molecule is COc1ccc(CNC(=O)c2c(-c3ccc(-c4cccc(Cl)c4)o3)noc2N)cc1. The Morgan fingerprint density at radius 1 is 1.13 bits per heavy atom. The predicted molar refractivity (Wildman–Crippen MR) is 113 cm³/mol. The number of rotatable bonds is 6. The second kappa shape index (κ2) is 8.34. The van der Waals surface area contributed by atoms with Gasteiger partial charge in [-0.1, -0.05) is 41.0 Å². The number of carbonyl (C=O) groups excluding carboxylic acids is 1. The van der Waals surface area contributed by atoms with Crippen LogP contribution in [0.2, 0.25) is 5.02 Å². The number of nitrogens with one attached hydrogen (secondary N) is 1. The summed E-state index contributed by atoms with van der Waals surface area (Å²) in [5.41, 5.74) is 7.92. The topological polar surface area (TPSA) is 104 Å². The number of amides is 1. The number of anilines is 1. The molecule has 0 spiro atoms. The van der Waals surface area contributed by atoms with Crippen LogP contribution in [0.5, 0.6) is 5.75 Å². The van der Waals surface area contributed by atoms with Crippen molar-refractivity contribution in [2.24, 2.45) is 0 Å². The Kier molecular flexibility index (Phi) is 5.45. The van der Waals surface area contributed by atoms with Gasteiger partial charge >= 0.3 is 0 Å². The van der Waals surface area contributed by atoms with Crippen molar-refractivity contribution in [1.29, 1.82) is 0 Å². The normalized spacial score (nSPS) is 10.7. The van der Waals surface area contributed by atoms with Crippen LogP contribution in [0.25, 0.3) is 22.8 Å². The lowest BCUT2D eigenvalue weighted by Crippen LogP contribution is -2.23. The first-order chi connectivity index (χ1) is 14.5. The van der Waals surface area contributed by atoms with Crippen molar-refractivity contribution in [1.82, 2.24) is 10.5 Å². The highest BCUT2D eigenvalue weighted by Gasteiger charge is 2.24. The molecule has 0 saturated carbocycles. The van der Waals surface area contributed by atoms with Gasteiger partial charge in [0.15, 0.2) is 11.5 Å². The molecule has 2 aromatic heterocycles. The lowest BCUT2D eigenvalue weighted by molar-refractivity contribution is 0.0952. The van der Waals surface area contributed by atoms with E-state index in [0.717, 1.165) is 16.9 Å². The van der Waals surface area contributed by atoms with Gasteiger partial charge in [-0.2, -0.15) is 0 Å². The van der Waals surface area contributed by atoms with Gasteiger partial charge in [0.05, 0.1) is 7.11 Å². The van der Waals surface area contributed by atoms with Gasteiger partial charge in [-0.25, -0.2) is 0 Å². The van der Waals surface area contributed by atoms with Crippen molar-refractivity contribution in [2.45, 2.75) is 6.54 Å². The first kappa shape index (κ1) is 19.6. The molecule has 1 amide bonds. The minimum absolute atomic E-state index is 0.0852. The van der Waals surface area contributed by atoms with Crippen LogP contribution in [0, 0.1) is 0 Å². The number of furan rings is 1. The Bertz CT molecular complexity index is 1180. The van der Waals surface area contributed by atoms with Gasteiger partial charge in [0, 0.05) is 17.1 Å². The molecule has 0 aliphatic rings. The molecule has 2 heterocycles. The second-order valence-electron chi connectivity index (χ2n) is 6.48. The fourth-order valence-electron chi connectivity index (χ4n) is 2.97. The average molecular weight is 424 g/mol. The highest BCUT2D eigenvalue weighted by atomic mass is 35.5. The quantitative estimate of drug-likeness (QED) is 0.462. The molecule has 0 atom stereocenters. The van der Waals surface area contributed by atoms with E-state index < -0.39 is 5.91 Å². The fourth-order valence-corrected chi connectivity index (χ4v) is 3.16. The zero-order valence-electron chi connectivity index (χ0n) is 16.0. The van der Waals surface area contributed by atoms with E-state index in [2.05, 4.69) is 10.5 Å². The van der Waals surface area contributed by atoms with Gasteiger partial charge in [-0.05, 0) is 42.0 Å². The molecule has 2 aromatic carbocycles. The number of halogens is 1. The number of carbonyl (C=O) groups is 1. The van der Waals surface area contributed by atoms with Crippen LogP contribution in [-0.2, 0) is 6.54 Å². The van der Waals surface area contributed by atoms with Crippen molar-refractivity contribution >= 4 is 23.4 Å². The van der Waals surface area contributed by atoms with Gasteiger partial charge in [0.25, 0.3) is 5.91 Å². The van der Waals surface area contributed by atoms with Crippen molar-refractivity contribution < 1.29 is 18.5 Å². The summed E-state index contributed by atoms with van der Waals surface area (Å²) >= 11 is 6.05. The maximum absolute atomic E-state index is 12.8. The van der Waals surface area contributed by atoms with E-state index in [-0.39, 0.29) is 17.1 Å². The summed E-state index contributed by atoms with van der Waals surface area (Å²) in [7, 11) is 1.60.